The van der Waals surface area contributed by atoms with E-state index in [1.807, 2.05) is 6.07 Å². The van der Waals surface area contributed by atoms with Crippen LogP contribution in [0.3, 0.4) is 0 Å². The summed E-state index contributed by atoms with van der Waals surface area (Å²) in [6, 6.07) is 1.88. The first-order valence-electron chi connectivity index (χ1n) is 2.47. The normalized spacial score (nSPS) is 10.0. The standard InChI is InChI=1S/C7H8N2/c1-4-9-7(3)6(2)5-8/h4H,1-2H2,3H3. The fourth-order valence-corrected chi connectivity index (χ4v) is 0.296. The Morgan fingerprint density at radius 2 is 2.33 bits per heavy atom. The average molecular weight is 120 g/mol. The summed E-state index contributed by atoms with van der Waals surface area (Å²) in [6.45, 7) is 8.55. The second-order valence-electron chi connectivity index (χ2n) is 1.49. The van der Waals surface area contributed by atoms with Crippen LogP contribution in [0.25, 0.3) is 0 Å². The van der Waals surface area contributed by atoms with E-state index in [9.17, 15) is 0 Å². The van der Waals surface area contributed by atoms with E-state index in [4.69, 9.17) is 5.26 Å². The number of rotatable bonds is 2. The van der Waals surface area contributed by atoms with Crippen LogP contribution in [-0.2, 0) is 0 Å². The number of allylic oxidation sites excluding steroid dienone is 1. The molecule has 0 saturated carbocycles. The first-order chi connectivity index (χ1) is 4.22. The van der Waals surface area contributed by atoms with Gasteiger partial charge in [0.15, 0.2) is 0 Å². The predicted octanol–water partition coefficient (Wildman–Crippen LogP) is 1.67. The van der Waals surface area contributed by atoms with Crippen molar-refractivity contribution in [3.05, 3.63) is 24.9 Å². The lowest BCUT2D eigenvalue weighted by Gasteiger charge is -1.88. The summed E-state index contributed by atoms with van der Waals surface area (Å²) in [5, 5.41) is 8.27. The van der Waals surface area contributed by atoms with Crippen LogP contribution in [0.2, 0.25) is 0 Å². The second kappa shape index (κ2) is 3.62. The van der Waals surface area contributed by atoms with Crippen LogP contribution < -0.4 is 0 Å². The molecular weight excluding hydrogens is 112 g/mol. The fourth-order valence-electron chi connectivity index (χ4n) is 0.296. The van der Waals surface area contributed by atoms with Gasteiger partial charge in [-0.3, -0.25) is 4.99 Å². The third-order valence-electron chi connectivity index (χ3n) is 0.857. The molecule has 46 valence electrons. The fraction of sp³-hybridized carbons (Fsp3) is 0.143. The van der Waals surface area contributed by atoms with E-state index in [-0.39, 0.29) is 0 Å². The Balaban J connectivity index is 4.24. The molecule has 0 saturated heterocycles. The molecule has 0 amide bonds. The van der Waals surface area contributed by atoms with Crippen molar-refractivity contribution in [2.24, 2.45) is 4.99 Å². The van der Waals surface area contributed by atoms with Crippen molar-refractivity contribution >= 4 is 5.71 Å². The second-order valence-corrected chi connectivity index (χ2v) is 1.49. The van der Waals surface area contributed by atoms with Gasteiger partial charge < -0.3 is 0 Å². The largest absolute Gasteiger partial charge is 0.261 e. The smallest absolute Gasteiger partial charge is 0.100 e. The Kier molecular flexibility index (Phi) is 3.07. The van der Waals surface area contributed by atoms with Crippen molar-refractivity contribution in [2.45, 2.75) is 6.92 Å². The molecule has 0 aromatic heterocycles. The van der Waals surface area contributed by atoms with Gasteiger partial charge in [-0.15, -0.1) is 0 Å². The lowest BCUT2D eigenvalue weighted by molar-refractivity contribution is 1.48. The van der Waals surface area contributed by atoms with Crippen molar-refractivity contribution in [1.82, 2.24) is 0 Å². The zero-order chi connectivity index (χ0) is 7.28. The summed E-state index contributed by atoms with van der Waals surface area (Å²) in [4.78, 5) is 3.75. The molecule has 0 aliphatic carbocycles. The van der Waals surface area contributed by atoms with E-state index in [0.29, 0.717) is 11.3 Å². The van der Waals surface area contributed by atoms with Crippen LogP contribution >= 0.6 is 0 Å². The van der Waals surface area contributed by atoms with Crippen molar-refractivity contribution < 1.29 is 0 Å². The van der Waals surface area contributed by atoms with Crippen molar-refractivity contribution in [1.29, 1.82) is 5.26 Å². The summed E-state index contributed by atoms with van der Waals surface area (Å²) >= 11 is 0. The Hall–Kier alpha value is -1.36. The van der Waals surface area contributed by atoms with Crippen LogP contribution in [0.5, 0.6) is 0 Å². The molecule has 0 aromatic carbocycles. The molecule has 0 aliphatic heterocycles. The molecule has 0 rings (SSSR count). The molecule has 0 N–H and O–H groups in total. The SMILES string of the molecule is C=CN=C(C)C(=C)C#N. The molecule has 0 heterocycles. The van der Waals surface area contributed by atoms with Gasteiger partial charge >= 0.3 is 0 Å². The van der Waals surface area contributed by atoms with Gasteiger partial charge in [-0.05, 0) is 6.92 Å². The van der Waals surface area contributed by atoms with Gasteiger partial charge in [0.2, 0.25) is 0 Å². The zero-order valence-corrected chi connectivity index (χ0v) is 5.39. The minimum absolute atomic E-state index is 0.384. The third-order valence-corrected chi connectivity index (χ3v) is 0.857. The topological polar surface area (TPSA) is 36.1 Å². The minimum atomic E-state index is 0.384. The molecule has 0 spiro atoms. The summed E-state index contributed by atoms with van der Waals surface area (Å²) in [5.41, 5.74) is 1.00. The van der Waals surface area contributed by atoms with Crippen molar-refractivity contribution in [2.75, 3.05) is 0 Å². The molecule has 9 heavy (non-hydrogen) atoms. The highest BCUT2D eigenvalue weighted by Gasteiger charge is 1.91. The van der Waals surface area contributed by atoms with E-state index < -0.39 is 0 Å². The molecule has 0 atom stereocenters. The van der Waals surface area contributed by atoms with Crippen LogP contribution in [0.4, 0.5) is 0 Å². The predicted molar refractivity (Wildman–Crippen MR) is 38.1 cm³/mol. The zero-order valence-electron chi connectivity index (χ0n) is 5.39. The first kappa shape index (κ1) is 7.64. The van der Waals surface area contributed by atoms with Crippen LogP contribution in [0.1, 0.15) is 6.92 Å². The van der Waals surface area contributed by atoms with Gasteiger partial charge in [-0.1, -0.05) is 13.2 Å². The summed E-state index contributed by atoms with van der Waals surface area (Å²) in [7, 11) is 0. The maximum Gasteiger partial charge on any atom is 0.100 e. The van der Waals surface area contributed by atoms with E-state index in [2.05, 4.69) is 18.2 Å². The summed E-state index contributed by atoms with van der Waals surface area (Å²) in [6.07, 6.45) is 1.39. The molecular formula is C7H8N2. The Morgan fingerprint density at radius 1 is 1.78 bits per heavy atom. The Bertz CT molecular complexity index is 193. The third kappa shape index (κ3) is 2.45. The van der Waals surface area contributed by atoms with Crippen LogP contribution in [0.15, 0.2) is 29.9 Å². The number of nitrogens with zero attached hydrogens (tertiary/aromatic N) is 2. The van der Waals surface area contributed by atoms with Crippen molar-refractivity contribution in [3.8, 4) is 6.07 Å². The lowest BCUT2D eigenvalue weighted by atomic mass is 10.2. The van der Waals surface area contributed by atoms with Crippen LogP contribution in [0, 0.1) is 11.3 Å². The van der Waals surface area contributed by atoms with Gasteiger partial charge in [-0.25, -0.2) is 0 Å². The maximum absolute atomic E-state index is 8.27. The van der Waals surface area contributed by atoms with E-state index >= 15 is 0 Å². The molecule has 2 heteroatoms. The molecule has 0 fully saturated rings. The van der Waals surface area contributed by atoms with Gasteiger partial charge in [0.05, 0.1) is 11.3 Å². The van der Waals surface area contributed by atoms with E-state index in [1.165, 1.54) is 6.20 Å². The number of nitriles is 1. The lowest BCUT2D eigenvalue weighted by Crippen LogP contribution is -1.90. The highest BCUT2D eigenvalue weighted by molar-refractivity contribution is 6.01. The maximum atomic E-state index is 8.27. The van der Waals surface area contributed by atoms with Crippen molar-refractivity contribution in [3.63, 3.8) is 0 Å². The Morgan fingerprint density at radius 3 is 2.67 bits per heavy atom. The number of aliphatic imine (C=N–C) groups is 1. The van der Waals surface area contributed by atoms with Gasteiger partial charge in [0.25, 0.3) is 0 Å². The molecule has 0 bridgehead atoms. The molecule has 0 aliphatic rings. The van der Waals surface area contributed by atoms with E-state index in [0.717, 1.165) is 0 Å². The monoisotopic (exact) mass is 120 g/mol. The van der Waals surface area contributed by atoms with Gasteiger partial charge in [0, 0.05) is 6.20 Å². The molecule has 0 radical (unpaired) electrons. The number of hydrogen-bond acceptors (Lipinski definition) is 2. The highest BCUT2D eigenvalue weighted by atomic mass is 14.7. The summed E-state index contributed by atoms with van der Waals surface area (Å²) in [5.74, 6) is 0. The van der Waals surface area contributed by atoms with Gasteiger partial charge in [0.1, 0.15) is 6.07 Å². The minimum Gasteiger partial charge on any atom is -0.261 e. The molecule has 0 aromatic rings. The first-order valence-corrected chi connectivity index (χ1v) is 2.47. The molecule has 2 nitrogen and oxygen atoms in total. The number of hydrogen-bond donors (Lipinski definition) is 0. The Labute approximate surface area is 54.8 Å². The summed E-state index contributed by atoms with van der Waals surface area (Å²) < 4.78 is 0. The quantitative estimate of drug-likeness (QED) is 0.403. The average Bonchev–Trinajstić information content (AvgIpc) is 1.87. The highest BCUT2D eigenvalue weighted by Crippen LogP contribution is 1.91. The van der Waals surface area contributed by atoms with Gasteiger partial charge in [-0.2, -0.15) is 5.26 Å². The van der Waals surface area contributed by atoms with Crippen LogP contribution in [-0.4, -0.2) is 5.71 Å². The molecule has 0 unspecified atom stereocenters. The van der Waals surface area contributed by atoms with E-state index in [1.54, 1.807) is 6.92 Å².